The van der Waals surface area contributed by atoms with Crippen LogP contribution in [0.4, 0.5) is 10.2 Å². The van der Waals surface area contributed by atoms with Crippen molar-refractivity contribution >= 4 is 46.4 Å². The molecule has 396 valence electrons. The lowest BCUT2D eigenvalue weighted by molar-refractivity contribution is -0.296. The predicted octanol–water partition coefficient (Wildman–Crippen LogP) is 5.22. The highest BCUT2D eigenvalue weighted by Gasteiger charge is 2.56. The van der Waals surface area contributed by atoms with Crippen LogP contribution in [-0.4, -0.2) is 147 Å². The smallest absolute Gasteiger partial charge is 0.351 e. The number of amides is 2. The molecule has 0 aliphatic carbocycles. The molecule has 3 aliphatic rings. The van der Waals surface area contributed by atoms with Crippen molar-refractivity contribution in [3.63, 3.8) is 0 Å². The Morgan fingerprint density at radius 1 is 1.10 bits per heavy atom. The Labute approximate surface area is 420 Å². The number of carbonyl (C=O) groups excluding carboxylic acids is 4. The molecule has 0 unspecified atom stereocenters. The molecule has 6 N–H and O–H groups in total. The predicted molar refractivity (Wildman–Crippen MR) is 264 cm³/mol. The number of hydrogen-bond donors (Lipinski definition) is 5. The Kier molecular flexibility index (Phi) is 19.6. The van der Waals surface area contributed by atoms with Crippen molar-refractivity contribution in [2.75, 3.05) is 32.6 Å². The molecule has 2 amide bonds. The second-order valence-corrected chi connectivity index (χ2v) is 21.3. The minimum Gasteiger partial charge on any atom is -0.457 e. The molecule has 5 heterocycles. The molecule has 1 saturated heterocycles. The Hall–Kier alpha value is -4.32. The minimum atomic E-state index is -3.25. The lowest BCUT2D eigenvalue weighted by atomic mass is 9.76. The van der Waals surface area contributed by atoms with Crippen LogP contribution in [0.2, 0.25) is 0 Å². The molecule has 0 saturated carbocycles. The van der Waals surface area contributed by atoms with Crippen LogP contribution in [-0.2, 0) is 54.3 Å². The van der Waals surface area contributed by atoms with E-state index in [0.717, 1.165) is 6.92 Å². The van der Waals surface area contributed by atoms with Gasteiger partial charge in [-0.2, -0.15) is 0 Å². The molecule has 19 nitrogen and oxygen atoms in total. The van der Waals surface area contributed by atoms with E-state index in [1.807, 2.05) is 46.7 Å². The third kappa shape index (κ3) is 13.8. The topological polar surface area (TPSA) is 256 Å². The quantitative estimate of drug-likeness (QED) is 0.0924. The van der Waals surface area contributed by atoms with Gasteiger partial charge in [0, 0.05) is 29.5 Å². The number of aliphatic hydroxyl groups is 2. The van der Waals surface area contributed by atoms with E-state index in [0.29, 0.717) is 46.3 Å². The van der Waals surface area contributed by atoms with Gasteiger partial charge in [0.2, 0.25) is 11.8 Å². The molecule has 5 rings (SSSR count). The number of Topliss-reactive ketones (excluding diaryl/α,β-unsaturated/α-hetero) is 1. The molecule has 0 aromatic carbocycles. The number of likely N-dealkylation sites (N-methyl/N-ethyl adjacent to an activating group) is 1. The van der Waals surface area contributed by atoms with Crippen LogP contribution >= 0.6 is 11.3 Å². The molecule has 0 spiro atoms. The minimum absolute atomic E-state index is 0.0135. The van der Waals surface area contributed by atoms with Crippen LogP contribution in [0, 0.1) is 17.8 Å². The summed E-state index contributed by atoms with van der Waals surface area (Å²) in [5, 5.41) is 36.8. The maximum atomic E-state index is 17.0. The first-order valence-corrected chi connectivity index (χ1v) is 25.4. The van der Waals surface area contributed by atoms with E-state index in [-0.39, 0.29) is 62.5 Å². The van der Waals surface area contributed by atoms with E-state index < -0.39 is 89.4 Å². The first-order valence-electron chi connectivity index (χ1n) is 24.5. The number of aliphatic hydroxyl groups excluding tert-OH is 1. The zero-order valence-corrected chi connectivity index (χ0v) is 44.3. The number of pyridine rings is 1. The number of nitrogens with zero attached hydrogens (tertiary/aromatic N) is 4. The summed E-state index contributed by atoms with van der Waals surface area (Å²) in [7, 11) is 3.62. The van der Waals surface area contributed by atoms with Crippen molar-refractivity contribution in [1.29, 1.82) is 0 Å². The van der Waals surface area contributed by atoms with Crippen LogP contribution in [0.15, 0.2) is 40.0 Å². The van der Waals surface area contributed by atoms with Gasteiger partial charge in [-0.05, 0) is 104 Å². The van der Waals surface area contributed by atoms with Gasteiger partial charge in [-0.15, -0.1) is 11.3 Å². The first kappa shape index (κ1) is 57.6. The van der Waals surface area contributed by atoms with Crippen molar-refractivity contribution in [2.45, 2.75) is 181 Å². The Bertz CT molecular complexity index is 2260. The number of carbonyl (C=O) groups is 4. The number of halogens is 1. The summed E-state index contributed by atoms with van der Waals surface area (Å²) in [5.74, 6) is -4.96. The van der Waals surface area contributed by atoms with Crippen molar-refractivity contribution in [3.8, 4) is 10.7 Å². The molecule has 13 atom stereocenters. The number of cyclic esters (lactones) is 1. The summed E-state index contributed by atoms with van der Waals surface area (Å²) in [4.78, 5) is 71.6. The number of thiazole rings is 1. The van der Waals surface area contributed by atoms with Gasteiger partial charge in [-0.1, -0.05) is 52.8 Å². The summed E-state index contributed by atoms with van der Waals surface area (Å²) in [6.07, 6.45) is -6.16. The number of esters is 1. The number of aromatic nitrogens is 2. The van der Waals surface area contributed by atoms with Crippen molar-refractivity contribution in [2.24, 2.45) is 28.6 Å². The van der Waals surface area contributed by atoms with Crippen LogP contribution in [0.25, 0.3) is 10.7 Å². The SMILES string of the molecule is CCC(=O)N/C1=C(\C)[C@H]2OCC(=NOCc3csc(-c4cccc(NC(=O)[C@@H](N)CC(C)C)n4)n3)CO[C@](C)(C[C@H]1C)[C@H](O[C@@H]1O[C@H](C)C[C@H](N(C)C)[C@H]1O)[C@@H](C)C(=O)[C@](C)(F)C(=O)O[C@H](CC)[C@@]2(C)O. The molecule has 2 aromatic heterocycles. The Morgan fingerprint density at radius 2 is 1.80 bits per heavy atom. The first-order chi connectivity index (χ1) is 33.2. The monoisotopic (exact) mass is 1020 g/mol. The highest BCUT2D eigenvalue weighted by Crippen LogP contribution is 2.41. The molecule has 2 bridgehead atoms. The maximum Gasteiger partial charge on any atom is 0.351 e. The number of oxime groups is 1. The van der Waals surface area contributed by atoms with E-state index in [2.05, 4.69) is 20.8 Å². The third-order valence-electron chi connectivity index (χ3n) is 13.5. The lowest BCUT2D eigenvalue weighted by Gasteiger charge is -2.47. The summed E-state index contributed by atoms with van der Waals surface area (Å²) >= 11 is 1.30. The highest BCUT2D eigenvalue weighted by atomic mass is 32.1. The van der Waals surface area contributed by atoms with Crippen molar-refractivity contribution in [3.05, 3.63) is 40.5 Å². The normalized spacial score (nSPS) is 34.5. The number of fused-ring (bicyclic) bond motifs is 4. The van der Waals surface area contributed by atoms with Gasteiger partial charge in [0.15, 0.2) is 18.7 Å². The molecule has 1 fully saturated rings. The third-order valence-corrected chi connectivity index (χ3v) is 14.4. The van der Waals surface area contributed by atoms with Gasteiger partial charge in [0.1, 0.15) is 46.1 Å². The van der Waals surface area contributed by atoms with Crippen LogP contribution in [0.5, 0.6) is 0 Å². The summed E-state index contributed by atoms with van der Waals surface area (Å²) in [6, 6.07) is 4.06. The summed E-state index contributed by atoms with van der Waals surface area (Å²) in [6.45, 7) is 17.1. The van der Waals surface area contributed by atoms with Gasteiger partial charge >= 0.3 is 5.97 Å². The molecular weight excluding hydrogens is 942 g/mol. The molecule has 71 heavy (non-hydrogen) atoms. The van der Waals surface area contributed by atoms with E-state index in [4.69, 9.17) is 39.2 Å². The lowest BCUT2D eigenvalue weighted by Crippen LogP contribution is -2.61. The van der Waals surface area contributed by atoms with E-state index in [9.17, 15) is 29.4 Å². The number of alkyl halides is 1. The largest absolute Gasteiger partial charge is 0.457 e. The molecule has 21 heteroatoms. The number of allylic oxidation sites excluding steroid dienone is 1. The van der Waals surface area contributed by atoms with E-state index >= 15 is 4.39 Å². The summed E-state index contributed by atoms with van der Waals surface area (Å²) in [5.41, 5.74) is 1.01. The molecule has 2 aromatic rings. The van der Waals surface area contributed by atoms with Gasteiger partial charge in [0.25, 0.3) is 5.67 Å². The molecular formula is C50H76FN7O12S. The number of rotatable bonds is 14. The van der Waals surface area contributed by atoms with Gasteiger partial charge in [0.05, 0.1) is 42.8 Å². The highest BCUT2D eigenvalue weighted by molar-refractivity contribution is 7.13. The zero-order valence-electron chi connectivity index (χ0n) is 43.4. The average Bonchev–Trinajstić information content (AvgIpc) is 3.78. The fourth-order valence-corrected chi connectivity index (χ4v) is 10.4. The van der Waals surface area contributed by atoms with Crippen molar-refractivity contribution in [1.82, 2.24) is 20.2 Å². The number of nitrogens with one attached hydrogen (secondary N) is 2. The number of nitrogens with two attached hydrogens (primary N) is 1. The fourth-order valence-electron chi connectivity index (χ4n) is 9.63. The number of ketones is 1. The van der Waals surface area contributed by atoms with Gasteiger partial charge in [-0.25, -0.2) is 19.2 Å². The Morgan fingerprint density at radius 3 is 2.45 bits per heavy atom. The zero-order chi connectivity index (χ0) is 52.7. The second-order valence-electron chi connectivity index (χ2n) is 20.4. The number of hydrogen-bond acceptors (Lipinski definition) is 18. The molecule has 3 aliphatic heterocycles. The average molecular weight is 1020 g/mol. The second kappa shape index (κ2) is 24.1. The molecule has 0 radical (unpaired) electrons. The van der Waals surface area contributed by atoms with E-state index in [1.165, 1.54) is 25.2 Å². The van der Waals surface area contributed by atoms with Crippen molar-refractivity contribution < 1.29 is 62.3 Å². The summed E-state index contributed by atoms with van der Waals surface area (Å²) < 4.78 is 49.1. The van der Waals surface area contributed by atoms with Crippen LogP contribution < -0.4 is 16.4 Å². The van der Waals surface area contributed by atoms with E-state index in [1.54, 1.807) is 51.3 Å². The van der Waals surface area contributed by atoms with Gasteiger partial charge < -0.3 is 60.0 Å². The number of ether oxygens (including phenoxy) is 5. The fraction of sp³-hybridized carbons (Fsp3) is 0.700. The van der Waals surface area contributed by atoms with Gasteiger partial charge in [-0.3, -0.25) is 14.4 Å². The van der Waals surface area contributed by atoms with Crippen LogP contribution in [0.3, 0.4) is 0 Å². The Balaban J connectivity index is 1.59. The maximum absolute atomic E-state index is 17.0. The number of anilines is 1. The van der Waals surface area contributed by atoms with Crippen LogP contribution in [0.1, 0.15) is 114 Å². The standard InChI is InChI=1S/C50H76FN7O12S/c1-14-36-50(11,64)43-29(7)39(56-38(59)15-2)27(5)21-48(9,42(30(8)41(61)49(10,51)47(63)69-36)70-46-40(60)35(58(12)13)20-28(6)68-46)66-23-31(22-65-43)57-67-24-32-25-71-45(53-32)34-17-16-18-37(54-34)55-44(62)33(52)19-26(3)4/h16-18,25-28,30,33,35-36,40,42-43,46,60,64H,14-15,19-24,52H2,1-13H3,(H,56,59)(H,54,55,62)/b39-29+,57-31?/t27-,28-,30+,33+,35+,36-,40-,42-,43-,46+,48-,49+,50-/m1/s1.